The molecule has 6 heteroatoms. The van der Waals surface area contributed by atoms with Crippen LogP contribution in [0.5, 0.6) is 0 Å². The monoisotopic (exact) mass is 334 g/mol. The molecule has 2 rings (SSSR count). The van der Waals surface area contributed by atoms with E-state index in [2.05, 4.69) is 10.5 Å². The Kier molecular flexibility index (Phi) is 6.00. The maximum absolute atomic E-state index is 14.1. The molecule has 2 aromatic rings. The first-order valence-corrected chi connectivity index (χ1v) is 7.57. The lowest BCUT2D eigenvalue weighted by Crippen LogP contribution is -2.34. The van der Waals surface area contributed by atoms with Crippen LogP contribution >= 0.6 is 0 Å². The van der Waals surface area contributed by atoms with Gasteiger partial charge in [-0.05, 0) is 50.6 Å². The van der Waals surface area contributed by atoms with Crippen molar-refractivity contribution in [2.75, 3.05) is 6.61 Å². The lowest BCUT2D eigenvalue weighted by atomic mass is 10.1. The van der Waals surface area contributed by atoms with Gasteiger partial charge in [-0.15, -0.1) is 0 Å². The highest BCUT2D eigenvalue weighted by atomic mass is 19.1. The number of pyridine rings is 1. The van der Waals surface area contributed by atoms with E-state index in [1.54, 1.807) is 44.4 Å². The summed E-state index contributed by atoms with van der Waals surface area (Å²) in [6.07, 6.45) is 4.74. The highest BCUT2D eigenvalue weighted by Gasteiger charge is 2.21. The van der Waals surface area contributed by atoms with E-state index >= 15 is 0 Å². The predicted octanol–water partition coefficient (Wildman–Crippen LogP) is 4.15. The van der Waals surface area contributed by atoms with Crippen molar-refractivity contribution in [2.24, 2.45) is 0 Å². The summed E-state index contributed by atoms with van der Waals surface area (Å²) in [5.41, 5.74) is 3.20. The normalized spacial score (nSPS) is 12.3. The summed E-state index contributed by atoms with van der Waals surface area (Å²) in [5, 5.41) is 0. The average Bonchev–Trinajstić information content (AvgIpc) is 2.53. The van der Waals surface area contributed by atoms with Crippen molar-refractivity contribution in [3.05, 3.63) is 65.5 Å². The topological polar surface area (TPSA) is 43.4 Å². The number of nitrogens with one attached hydrogen (secondary N) is 1. The lowest BCUT2D eigenvalue weighted by Gasteiger charge is -2.26. The van der Waals surface area contributed by atoms with E-state index in [1.165, 1.54) is 18.2 Å². The third kappa shape index (κ3) is 4.84. The number of rotatable bonds is 7. The predicted molar refractivity (Wildman–Crippen MR) is 88.4 cm³/mol. The maximum Gasteiger partial charge on any atom is 0.188 e. The number of nitrogens with zero attached hydrogens (tertiary/aromatic N) is 1. The molecule has 0 aliphatic heterocycles. The van der Waals surface area contributed by atoms with Gasteiger partial charge in [0.2, 0.25) is 0 Å². The molecule has 0 bridgehead atoms. The zero-order valence-corrected chi connectivity index (χ0v) is 13.8. The second-order valence-corrected chi connectivity index (χ2v) is 5.48. The third-order valence-corrected chi connectivity index (χ3v) is 3.13. The van der Waals surface area contributed by atoms with Gasteiger partial charge in [-0.2, -0.15) is 0 Å². The number of ether oxygens (including phenoxy) is 1. The fourth-order valence-corrected chi connectivity index (χ4v) is 2.09. The van der Waals surface area contributed by atoms with Gasteiger partial charge >= 0.3 is 0 Å². The molecule has 0 radical (unpaired) electrons. The van der Waals surface area contributed by atoms with Gasteiger partial charge in [0.05, 0.1) is 11.3 Å². The van der Waals surface area contributed by atoms with Crippen LogP contribution in [0.1, 0.15) is 31.9 Å². The molecule has 1 heterocycles. The van der Waals surface area contributed by atoms with Crippen molar-refractivity contribution < 1.29 is 18.4 Å². The zero-order chi connectivity index (χ0) is 17.6. The molecule has 24 heavy (non-hydrogen) atoms. The Bertz CT molecular complexity index is 683. The van der Waals surface area contributed by atoms with E-state index in [4.69, 9.17) is 9.57 Å². The van der Waals surface area contributed by atoms with Crippen LogP contribution in [0.25, 0.3) is 11.8 Å². The minimum absolute atomic E-state index is 0.131. The molecular weight excluding hydrogens is 314 g/mol. The van der Waals surface area contributed by atoms with Gasteiger partial charge in [0.25, 0.3) is 0 Å². The molecule has 1 aromatic carbocycles. The number of hydrogen-bond donors (Lipinski definition) is 1. The van der Waals surface area contributed by atoms with Crippen molar-refractivity contribution in [3.8, 4) is 0 Å². The van der Waals surface area contributed by atoms with E-state index in [1.807, 2.05) is 6.92 Å². The highest BCUT2D eigenvalue weighted by molar-refractivity contribution is 5.80. The summed E-state index contributed by atoms with van der Waals surface area (Å²) < 4.78 is 33.7. The molecule has 0 saturated carbocycles. The fourth-order valence-electron chi connectivity index (χ4n) is 2.09. The first-order chi connectivity index (χ1) is 11.4. The standard InChI is InChI=1S/C18H20F2N2O2/c1-4-23-18(2,3)24-22-16(11-13-7-6-10-21-12-13)17-14(19)8-5-9-15(17)20/h5-12,22H,4H2,1-3H3. The first-order valence-electron chi connectivity index (χ1n) is 7.57. The van der Waals surface area contributed by atoms with Crippen LogP contribution in [0.15, 0.2) is 42.7 Å². The first kappa shape index (κ1) is 18.0. The fraction of sp³-hybridized carbons (Fsp3) is 0.278. The number of hydrogen-bond acceptors (Lipinski definition) is 4. The smallest absolute Gasteiger partial charge is 0.188 e. The minimum atomic E-state index is -0.968. The summed E-state index contributed by atoms with van der Waals surface area (Å²) >= 11 is 0. The maximum atomic E-state index is 14.1. The van der Waals surface area contributed by atoms with Crippen LogP contribution in [0.2, 0.25) is 0 Å². The summed E-state index contributed by atoms with van der Waals surface area (Å²) in [5.74, 6) is -2.37. The Morgan fingerprint density at radius 1 is 1.21 bits per heavy atom. The Hall–Kier alpha value is -2.31. The highest BCUT2D eigenvalue weighted by Crippen LogP contribution is 2.23. The summed E-state index contributed by atoms with van der Waals surface area (Å²) in [4.78, 5) is 9.46. The molecule has 0 aliphatic rings. The van der Waals surface area contributed by atoms with Gasteiger partial charge in [0.15, 0.2) is 5.79 Å². The Morgan fingerprint density at radius 3 is 2.50 bits per heavy atom. The Labute approximate surface area is 140 Å². The van der Waals surface area contributed by atoms with Crippen molar-refractivity contribution in [1.82, 2.24) is 10.5 Å². The van der Waals surface area contributed by atoms with E-state index in [0.717, 1.165) is 0 Å². The van der Waals surface area contributed by atoms with Gasteiger partial charge in [-0.25, -0.2) is 13.6 Å². The molecular formula is C18H20F2N2O2. The minimum Gasteiger partial charge on any atom is -0.349 e. The third-order valence-electron chi connectivity index (χ3n) is 3.13. The SMILES string of the molecule is CCOC(C)(C)ONC(=Cc1cccnc1)c1c(F)cccc1F. The zero-order valence-electron chi connectivity index (χ0n) is 13.8. The Balaban J connectivity index is 2.37. The summed E-state index contributed by atoms with van der Waals surface area (Å²) in [6, 6.07) is 7.17. The van der Waals surface area contributed by atoms with Crippen LogP contribution in [0.3, 0.4) is 0 Å². The molecule has 0 saturated heterocycles. The summed E-state index contributed by atoms with van der Waals surface area (Å²) in [6.45, 7) is 5.66. The van der Waals surface area contributed by atoms with Gasteiger partial charge < -0.3 is 4.74 Å². The Morgan fingerprint density at radius 2 is 1.92 bits per heavy atom. The molecule has 128 valence electrons. The van der Waals surface area contributed by atoms with Gasteiger partial charge in [-0.3, -0.25) is 10.5 Å². The van der Waals surface area contributed by atoms with Crippen LogP contribution < -0.4 is 5.48 Å². The van der Waals surface area contributed by atoms with Crippen LogP contribution in [0.4, 0.5) is 8.78 Å². The number of hydroxylamine groups is 1. The molecule has 0 aliphatic carbocycles. The second kappa shape index (κ2) is 7.99. The molecule has 1 N–H and O–H groups in total. The van der Waals surface area contributed by atoms with E-state index in [-0.39, 0.29) is 11.3 Å². The van der Waals surface area contributed by atoms with Crippen molar-refractivity contribution in [2.45, 2.75) is 26.6 Å². The quantitative estimate of drug-likeness (QED) is 0.610. The van der Waals surface area contributed by atoms with Gasteiger partial charge in [0.1, 0.15) is 11.6 Å². The van der Waals surface area contributed by atoms with Crippen molar-refractivity contribution in [3.63, 3.8) is 0 Å². The number of halogens is 2. The molecule has 0 fully saturated rings. The molecule has 0 atom stereocenters. The van der Waals surface area contributed by atoms with Crippen LogP contribution in [0, 0.1) is 11.6 Å². The van der Waals surface area contributed by atoms with Gasteiger partial charge in [-0.1, -0.05) is 12.1 Å². The van der Waals surface area contributed by atoms with Crippen LogP contribution in [-0.4, -0.2) is 17.4 Å². The van der Waals surface area contributed by atoms with E-state index in [0.29, 0.717) is 12.2 Å². The largest absolute Gasteiger partial charge is 0.349 e. The summed E-state index contributed by atoms with van der Waals surface area (Å²) in [7, 11) is 0. The molecule has 0 amide bonds. The molecule has 4 nitrogen and oxygen atoms in total. The second-order valence-electron chi connectivity index (χ2n) is 5.48. The van der Waals surface area contributed by atoms with E-state index in [9.17, 15) is 8.78 Å². The molecule has 0 unspecified atom stereocenters. The van der Waals surface area contributed by atoms with Gasteiger partial charge in [0, 0.05) is 19.0 Å². The number of aromatic nitrogens is 1. The average molecular weight is 334 g/mol. The lowest BCUT2D eigenvalue weighted by molar-refractivity contribution is -0.233. The number of benzene rings is 1. The van der Waals surface area contributed by atoms with E-state index < -0.39 is 17.4 Å². The molecule has 0 spiro atoms. The van der Waals surface area contributed by atoms with Crippen LogP contribution in [-0.2, 0) is 9.57 Å². The molecule has 1 aromatic heterocycles. The van der Waals surface area contributed by atoms with Crippen molar-refractivity contribution >= 4 is 11.8 Å². The van der Waals surface area contributed by atoms with Crippen molar-refractivity contribution in [1.29, 1.82) is 0 Å².